The second-order valence-electron chi connectivity index (χ2n) is 6.68. The molecule has 0 saturated carbocycles. The number of carbonyl (C=O) groups excluding carboxylic acids is 1. The fourth-order valence-electron chi connectivity index (χ4n) is 3.60. The number of H-pyrrole nitrogens is 1. The van der Waals surface area contributed by atoms with Gasteiger partial charge >= 0.3 is 6.18 Å². The molecule has 1 fully saturated rings. The summed E-state index contributed by atoms with van der Waals surface area (Å²) in [6, 6.07) is 3.68. The Labute approximate surface area is 157 Å². The second kappa shape index (κ2) is 6.77. The van der Waals surface area contributed by atoms with E-state index in [2.05, 4.69) is 20.2 Å². The number of aromatic amines is 1. The van der Waals surface area contributed by atoms with Crippen molar-refractivity contribution in [2.45, 2.75) is 31.5 Å². The van der Waals surface area contributed by atoms with Gasteiger partial charge < -0.3 is 10.6 Å². The summed E-state index contributed by atoms with van der Waals surface area (Å²) < 4.78 is 40.9. The van der Waals surface area contributed by atoms with Crippen LogP contribution in [0.3, 0.4) is 0 Å². The zero-order valence-corrected chi connectivity index (χ0v) is 14.7. The average Bonchev–Trinajstić information content (AvgIpc) is 3.07. The molecule has 7 nitrogen and oxygen atoms in total. The lowest BCUT2D eigenvalue weighted by atomic mass is 9.96. The van der Waals surface area contributed by atoms with Crippen LogP contribution in [0.15, 0.2) is 30.6 Å². The highest BCUT2D eigenvalue weighted by molar-refractivity contribution is 5.94. The fraction of sp³-hybridized carbons (Fsp3) is 0.333. The van der Waals surface area contributed by atoms with Gasteiger partial charge in [0.2, 0.25) is 0 Å². The van der Waals surface area contributed by atoms with Gasteiger partial charge in [-0.25, -0.2) is 4.98 Å². The van der Waals surface area contributed by atoms with Crippen LogP contribution < -0.4 is 5.73 Å². The van der Waals surface area contributed by atoms with E-state index in [1.54, 1.807) is 23.2 Å². The maximum Gasteiger partial charge on any atom is 0.417 e. The van der Waals surface area contributed by atoms with E-state index in [1.807, 2.05) is 0 Å². The van der Waals surface area contributed by atoms with Gasteiger partial charge in [-0.1, -0.05) is 0 Å². The van der Waals surface area contributed by atoms with E-state index in [1.165, 1.54) is 6.20 Å². The number of aromatic nitrogens is 4. The van der Waals surface area contributed by atoms with E-state index in [-0.39, 0.29) is 28.5 Å². The van der Waals surface area contributed by atoms with E-state index < -0.39 is 17.8 Å². The predicted octanol–water partition coefficient (Wildman–Crippen LogP) is 3.32. The highest BCUT2D eigenvalue weighted by Crippen LogP contribution is 2.39. The minimum absolute atomic E-state index is 0.110. The number of alkyl halides is 3. The molecular formula is C18H17F3N6O. The smallest absolute Gasteiger partial charge is 0.383 e. The highest BCUT2D eigenvalue weighted by atomic mass is 19.4. The molecule has 0 aliphatic carbocycles. The minimum Gasteiger partial charge on any atom is -0.383 e. The maximum absolute atomic E-state index is 13.6. The first kappa shape index (κ1) is 18.2. The van der Waals surface area contributed by atoms with Crippen molar-refractivity contribution in [3.63, 3.8) is 0 Å². The summed E-state index contributed by atoms with van der Waals surface area (Å²) in [6.07, 6.45) is 0.442. The summed E-state index contributed by atoms with van der Waals surface area (Å²) in [5.41, 5.74) is 5.15. The van der Waals surface area contributed by atoms with Crippen LogP contribution in [0.25, 0.3) is 11.0 Å². The predicted molar refractivity (Wildman–Crippen MR) is 95.2 cm³/mol. The monoisotopic (exact) mass is 390 g/mol. The number of nitrogens with zero attached hydrogens (tertiary/aromatic N) is 4. The Bertz CT molecular complexity index is 1020. The Kier molecular flexibility index (Phi) is 4.40. The van der Waals surface area contributed by atoms with Gasteiger partial charge in [0, 0.05) is 18.9 Å². The molecule has 4 heterocycles. The molecule has 3 aromatic rings. The molecule has 146 valence electrons. The average molecular weight is 390 g/mol. The van der Waals surface area contributed by atoms with Gasteiger partial charge in [0.1, 0.15) is 5.82 Å². The van der Waals surface area contributed by atoms with Crippen LogP contribution in [0, 0.1) is 0 Å². The zero-order valence-electron chi connectivity index (χ0n) is 14.7. The Morgan fingerprint density at radius 3 is 2.86 bits per heavy atom. The lowest BCUT2D eigenvalue weighted by molar-refractivity contribution is -0.136. The molecule has 3 N–H and O–H groups in total. The van der Waals surface area contributed by atoms with Crippen LogP contribution >= 0.6 is 0 Å². The van der Waals surface area contributed by atoms with Crippen LogP contribution in [0.5, 0.6) is 0 Å². The molecule has 0 radical (unpaired) electrons. The zero-order chi connectivity index (χ0) is 19.9. The molecule has 3 aromatic heterocycles. The normalized spacial score (nSPS) is 17.8. The van der Waals surface area contributed by atoms with Crippen molar-refractivity contribution in [3.05, 3.63) is 47.4 Å². The Morgan fingerprint density at radius 2 is 2.14 bits per heavy atom. The summed E-state index contributed by atoms with van der Waals surface area (Å²) in [7, 11) is 0. The van der Waals surface area contributed by atoms with Crippen LogP contribution in [0.4, 0.5) is 19.0 Å². The first-order valence-electron chi connectivity index (χ1n) is 8.79. The van der Waals surface area contributed by atoms with Gasteiger partial charge in [-0.2, -0.15) is 18.3 Å². The molecule has 0 aromatic carbocycles. The standard InChI is InChI=1S/C18H17F3N6O/c19-18(20,21)11-8-12(24-16-14(11)15(22)25-26-16)13-5-1-2-7-27(13)17(28)10-4-3-6-23-9-10/h3-4,6,8-9,13H,1-2,5,7H2,(H3,22,24,25,26). The quantitative estimate of drug-likeness (QED) is 0.699. The number of hydrogen-bond acceptors (Lipinski definition) is 5. The third-order valence-electron chi connectivity index (χ3n) is 4.89. The first-order valence-corrected chi connectivity index (χ1v) is 8.79. The number of likely N-dealkylation sites (tertiary alicyclic amines) is 1. The number of halogens is 3. The summed E-state index contributed by atoms with van der Waals surface area (Å²) in [5.74, 6) is -0.469. The minimum atomic E-state index is -4.62. The number of rotatable bonds is 2. The van der Waals surface area contributed by atoms with E-state index in [9.17, 15) is 18.0 Å². The summed E-state index contributed by atoms with van der Waals surface area (Å²) >= 11 is 0. The van der Waals surface area contributed by atoms with Gasteiger partial charge in [-0.15, -0.1) is 0 Å². The van der Waals surface area contributed by atoms with Crippen molar-refractivity contribution in [2.24, 2.45) is 0 Å². The summed E-state index contributed by atoms with van der Waals surface area (Å²) in [5, 5.41) is 5.90. The van der Waals surface area contributed by atoms with Crippen LogP contribution in [-0.4, -0.2) is 37.5 Å². The maximum atomic E-state index is 13.6. The molecule has 0 bridgehead atoms. The number of carbonyl (C=O) groups is 1. The SMILES string of the molecule is Nc1[nH]nc2nc(C3CCCCN3C(=O)c3cccnc3)cc(C(F)(F)F)c12. The van der Waals surface area contributed by atoms with Crippen LogP contribution in [-0.2, 0) is 6.18 Å². The number of pyridine rings is 2. The van der Waals surface area contributed by atoms with Crippen LogP contribution in [0.2, 0.25) is 0 Å². The molecule has 1 aliphatic rings. The molecule has 4 rings (SSSR count). The van der Waals surface area contributed by atoms with Gasteiger partial charge in [0.25, 0.3) is 5.91 Å². The molecular weight excluding hydrogens is 373 g/mol. The number of piperidine rings is 1. The van der Waals surface area contributed by atoms with Crippen molar-refractivity contribution in [1.82, 2.24) is 25.1 Å². The van der Waals surface area contributed by atoms with Crippen LogP contribution in [0.1, 0.15) is 46.9 Å². The number of fused-ring (bicyclic) bond motifs is 1. The van der Waals surface area contributed by atoms with Crippen molar-refractivity contribution < 1.29 is 18.0 Å². The largest absolute Gasteiger partial charge is 0.417 e. The third kappa shape index (κ3) is 3.14. The molecule has 10 heteroatoms. The fourth-order valence-corrected chi connectivity index (χ4v) is 3.60. The number of anilines is 1. The lowest BCUT2D eigenvalue weighted by Crippen LogP contribution is -2.39. The van der Waals surface area contributed by atoms with Crippen molar-refractivity contribution in [1.29, 1.82) is 0 Å². The topological polar surface area (TPSA) is 101 Å². The molecule has 1 amide bonds. The summed E-state index contributed by atoms with van der Waals surface area (Å²) in [6.45, 7) is 0.433. The molecule has 0 spiro atoms. The number of hydrogen-bond donors (Lipinski definition) is 2. The van der Waals surface area contributed by atoms with Gasteiger partial charge in [-0.05, 0) is 37.5 Å². The van der Waals surface area contributed by atoms with E-state index >= 15 is 0 Å². The van der Waals surface area contributed by atoms with Gasteiger partial charge in [-0.3, -0.25) is 14.9 Å². The Balaban J connectivity index is 1.80. The first-order chi connectivity index (χ1) is 13.4. The second-order valence-corrected chi connectivity index (χ2v) is 6.68. The number of amides is 1. The number of nitrogens with one attached hydrogen (secondary N) is 1. The lowest BCUT2D eigenvalue weighted by Gasteiger charge is -2.35. The highest BCUT2D eigenvalue weighted by Gasteiger charge is 2.37. The van der Waals surface area contributed by atoms with Gasteiger partial charge in [0.05, 0.1) is 28.2 Å². The van der Waals surface area contributed by atoms with Crippen molar-refractivity contribution in [3.8, 4) is 0 Å². The molecule has 1 saturated heterocycles. The molecule has 28 heavy (non-hydrogen) atoms. The van der Waals surface area contributed by atoms with Gasteiger partial charge in [0.15, 0.2) is 5.65 Å². The Hall–Kier alpha value is -3.17. The van der Waals surface area contributed by atoms with Crippen molar-refractivity contribution >= 4 is 22.8 Å². The third-order valence-corrected chi connectivity index (χ3v) is 4.89. The molecule has 1 atom stereocenters. The molecule has 1 aliphatic heterocycles. The number of nitrogens with two attached hydrogens (primary N) is 1. The molecule has 1 unspecified atom stereocenters. The Morgan fingerprint density at radius 1 is 1.32 bits per heavy atom. The van der Waals surface area contributed by atoms with Crippen molar-refractivity contribution in [2.75, 3.05) is 12.3 Å². The van der Waals surface area contributed by atoms with E-state index in [0.717, 1.165) is 18.9 Å². The van der Waals surface area contributed by atoms with E-state index in [0.29, 0.717) is 18.5 Å². The van der Waals surface area contributed by atoms with E-state index in [4.69, 9.17) is 5.73 Å². The number of nitrogen functional groups attached to an aromatic ring is 1. The summed E-state index contributed by atoms with van der Waals surface area (Å²) in [4.78, 5) is 22.7.